The number of fused-ring (bicyclic) bond motifs is 5. The third-order valence-corrected chi connectivity index (χ3v) is 9.07. The minimum Gasteiger partial charge on any atom is -0.394 e. The van der Waals surface area contributed by atoms with Crippen LogP contribution in [0.5, 0.6) is 0 Å². The zero-order chi connectivity index (χ0) is 20.1. The van der Waals surface area contributed by atoms with E-state index in [-0.39, 0.29) is 35.1 Å². The molecule has 29 heavy (non-hydrogen) atoms. The zero-order valence-electron chi connectivity index (χ0n) is 18.1. The molecule has 0 heterocycles. The molecule has 0 spiro atoms. The number of hydrogen-bond acceptors (Lipinski definition) is 5. The Morgan fingerprint density at radius 3 is 2.59 bits per heavy atom. The van der Waals surface area contributed by atoms with Crippen molar-refractivity contribution in [3.8, 4) is 0 Å². The van der Waals surface area contributed by atoms with E-state index < -0.39 is 0 Å². The molecule has 4 fully saturated rings. The van der Waals surface area contributed by atoms with Crippen molar-refractivity contribution in [3.63, 3.8) is 0 Å². The smallest absolute Gasteiger partial charge is 0.139 e. The van der Waals surface area contributed by atoms with Gasteiger partial charge in [-0.3, -0.25) is 9.59 Å². The summed E-state index contributed by atoms with van der Waals surface area (Å²) in [7, 11) is 0. The molecular weight excluding hydrogens is 388 g/mol. The van der Waals surface area contributed by atoms with Gasteiger partial charge in [-0.05, 0) is 61.7 Å². The van der Waals surface area contributed by atoms with Gasteiger partial charge < -0.3 is 10.6 Å². The summed E-state index contributed by atoms with van der Waals surface area (Å²) in [5, 5.41) is 4.40. The lowest BCUT2D eigenvalue weighted by Gasteiger charge is -2.60. The fourth-order valence-corrected chi connectivity index (χ4v) is 7.69. The quantitative estimate of drug-likeness (QED) is 0.542. The first-order valence-electron chi connectivity index (χ1n) is 11.3. The summed E-state index contributed by atoms with van der Waals surface area (Å²) < 4.78 is 0. The number of carbonyl (C=O) groups is 2. The molecule has 0 radical (unpaired) electrons. The van der Waals surface area contributed by atoms with E-state index in [9.17, 15) is 9.59 Å². The predicted octanol–water partition coefficient (Wildman–Crippen LogP) is 4.17. The molecule has 0 saturated heterocycles. The normalized spacial score (nSPS) is 45.2. The standard InChI is InChI=1S/C23H36N2O3.ClH/c1-4-14-18(25-28-12-11-24)8-10-23(3)17-7-9-22(2)16(5-6-20(22)27)15(17)13-19(26)21(14)23;/h14-17,21H,4-13,24H2,1-3H3;1H/b25-18+;/t14?,15-,16-,17+,21?,22-,23+;/m0./s1. The van der Waals surface area contributed by atoms with Crippen LogP contribution in [-0.4, -0.2) is 30.4 Å². The van der Waals surface area contributed by atoms with E-state index in [1.807, 2.05) is 0 Å². The molecule has 4 saturated carbocycles. The summed E-state index contributed by atoms with van der Waals surface area (Å²) in [5.41, 5.74) is 6.44. The van der Waals surface area contributed by atoms with Crippen LogP contribution in [0.2, 0.25) is 0 Å². The van der Waals surface area contributed by atoms with E-state index in [2.05, 4.69) is 25.9 Å². The summed E-state index contributed by atoms with van der Waals surface area (Å²) in [6.45, 7) is 7.59. The predicted molar refractivity (Wildman–Crippen MR) is 116 cm³/mol. The van der Waals surface area contributed by atoms with Gasteiger partial charge in [-0.2, -0.15) is 0 Å². The van der Waals surface area contributed by atoms with Crippen LogP contribution < -0.4 is 5.73 Å². The zero-order valence-corrected chi connectivity index (χ0v) is 18.9. The van der Waals surface area contributed by atoms with Crippen LogP contribution in [0.3, 0.4) is 0 Å². The maximum absolute atomic E-state index is 13.5. The Bertz CT molecular complexity index is 696. The first-order chi connectivity index (χ1) is 13.4. The largest absolute Gasteiger partial charge is 0.394 e. The molecule has 7 atom stereocenters. The minimum absolute atomic E-state index is 0. The lowest BCUT2D eigenvalue weighted by Crippen LogP contribution is -2.59. The van der Waals surface area contributed by atoms with Gasteiger partial charge >= 0.3 is 0 Å². The molecule has 2 N–H and O–H groups in total. The van der Waals surface area contributed by atoms with Gasteiger partial charge in [0.25, 0.3) is 0 Å². The van der Waals surface area contributed by atoms with Gasteiger partial charge in [-0.1, -0.05) is 25.9 Å². The Labute approximate surface area is 181 Å². The molecule has 0 aromatic carbocycles. The molecule has 0 amide bonds. The number of hydrogen-bond donors (Lipinski definition) is 1. The number of rotatable bonds is 4. The van der Waals surface area contributed by atoms with Gasteiger partial charge in [-0.25, -0.2) is 0 Å². The summed E-state index contributed by atoms with van der Waals surface area (Å²) in [4.78, 5) is 31.5. The molecule has 5 nitrogen and oxygen atoms in total. The van der Waals surface area contributed by atoms with Gasteiger partial charge in [0.05, 0.1) is 5.71 Å². The van der Waals surface area contributed by atoms with Crippen LogP contribution in [0.15, 0.2) is 5.16 Å². The number of Topliss-reactive ketones (excluding diaryl/α,β-unsaturated/α-hetero) is 2. The molecule has 2 unspecified atom stereocenters. The van der Waals surface area contributed by atoms with Crippen molar-refractivity contribution in [3.05, 3.63) is 0 Å². The summed E-state index contributed by atoms with van der Waals surface area (Å²) in [6, 6.07) is 0. The van der Waals surface area contributed by atoms with E-state index in [1.165, 1.54) is 0 Å². The van der Waals surface area contributed by atoms with E-state index in [0.717, 1.165) is 44.2 Å². The lowest BCUT2D eigenvalue weighted by molar-refractivity contribution is -0.156. The van der Waals surface area contributed by atoms with Gasteiger partial charge in [0.2, 0.25) is 0 Å². The van der Waals surface area contributed by atoms with Crippen molar-refractivity contribution in [1.82, 2.24) is 0 Å². The minimum atomic E-state index is -0.174. The number of carbonyl (C=O) groups excluding carboxylic acids is 2. The van der Waals surface area contributed by atoms with Crippen LogP contribution in [0.4, 0.5) is 0 Å². The second-order valence-corrected chi connectivity index (χ2v) is 10.2. The molecule has 4 rings (SSSR count). The highest BCUT2D eigenvalue weighted by molar-refractivity contribution is 5.95. The maximum Gasteiger partial charge on any atom is 0.139 e. The molecule has 0 aliphatic heterocycles. The van der Waals surface area contributed by atoms with Crippen molar-refractivity contribution in [2.45, 2.75) is 72.1 Å². The van der Waals surface area contributed by atoms with Crippen LogP contribution in [0.1, 0.15) is 72.1 Å². The molecule has 4 aliphatic rings. The van der Waals surface area contributed by atoms with Crippen LogP contribution in [0.25, 0.3) is 0 Å². The Hall–Kier alpha value is -0.940. The summed E-state index contributed by atoms with van der Waals surface area (Å²) >= 11 is 0. The Morgan fingerprint density at radius 2 is 1.90 bits per heavy atom. The van der Waals surface area contributed by atoms with E-state index in [1.54, 1.807) is 0 Å². The first kappa shape index (κ1) is 22.7. The maximum atomic E-state index is 13.5. The van der Waals surface area contributed by atoms with Gasteiger partial charge in [0, 0.05) is 36.6 Å². The van der Waals surface area contributed by atoms with Gasteiger partial charge in [0.15, 0.2) is 0 Å². The third-order valence-electron chi connectivity index (χ3n) is 9.07. The second kappa shape index (κ2) is 8.30. The molecular formula is C23H37ClN2O3. The van der Waals surface area contributed by atoms with Crippen molar-refractivity contribution >= 4 is 29.7 Å². The average Bonchev–Trinajstić information content (AvgIpc) is 2.97. The fraction of sp³-hybridized carbons (Fsp3) is 0.870. The number of oxime groups is 1. The van der Waals surface area contributed by atoms with E-state index in [4.69, 9.17) is 10.6 Å². The van der Waals surface area contributed by atoms with E-state index in [0.29, 0.717) is 55.3 Å². The number of nitrogens with two attached hydrogens (primary N) is 1. The topological polar surface area (TPSA) is 81.8 Å². The molecule has 6 heteroatoms. The van der Waals surface area contributed by atoms with Crippen LogP contribution in [-0.2, 0) is 14.4 Å². The average molecular weight is 425 g/mol. The number of nitrogens with zero attached hydrogens (tertiary/aromatic N) is 1. The highest BCUT2D eigenvalue weighted by atomic mass is 35.5. The number of halogens is 1. The highest BCUT2D eigenvalue weighted by Crippen LogP contribution is 2.65. The molecule has 0 aromatic rings. The lowest BCUT2D eigenvalue weighted by atomic mass is 9.43. The Balaban J connectivity index is 0.00000240. The fourth-order valence-electron chi connectivity index (χ4n) is 7.69. The van der Waals surface area contributed by atoms with Crippen molar-refractivity contribution in [2.75, 3.05) is 13.2 Å². The monoisotopic (exact) mass is 424 g/mol. The summed E-state index contributed by atoms with van der Waals surface area (Å²) in [6.07, 6.45) is 7.30. The number of ketones is 2. The molecule has 164 valence electrons. The highest BCUT2D eigenvalue weighted by Gasteiger charge is 2.63. The van der Waals surface area contributed by atoms with Gasteiger partial charge in [-0.15, -0.1) is 12.4 Å². The van der Waals surface area contributed by atoms with Gasteiger partial charge in [0.1, 0.15) is 18.2 Å². The SMILES string of the molecule is CCC1/C(=N/OCCN)CC[C@@]2(C)C1C(=O)C[C@@H]1[C@H]2CC[C@]2(C)C(=O)CC[C@@H]12.Cl. The van der Waals surface area contributed by atoms with Crippen LogP contribution >= 0.6 is 12.4 Å². The van der Waals surface area contributed by atoms with Crippen molar-refractivity contribution in [1.29, 1.82) is 0 Å². The third kappa shape index (κ3) is 3.37. The molecule has 4 aliphatic carbocycles. The Kier molecular flexibility index (Phi) is 6.51. The molecule has 0 bridgehead atoms. The van der Waals surface area contributed by atoms with Crippen molar-refractivity contribution in [2.24, 2.45) is 51.3 Å². The second-order valence-electron chi connectivity index (χ2n) is 10.2. The van der Waals surface area contributed by atoms with Crippen LogP contribution in [0, 0.1) is 40.4 Å². The van der Waals surface area contributed by atoms with E-state index >= 15 is 0 Å². The van der Waals surface area contributed by atoms with Crippen molar-refractivity contribution < 1.29 is 14.4 Å². The summed E-state index contributed by atoms with van der Waals surface area (Å²) in [5.74, 6) is 2.44. The first-order valence-corrected chi connectivity index (χ1v) is 11.3. The molecule has 0 aromatic heterocycles. The Morgan fingerprint density at radius 1 is 1.14 bits per heavy atom.